The molecule has 2 unspecified atom stereocenters. The zero-order valence-electron chi connectivity index (χ0n) is 5.45. The van der Waals surface area contributed by atoms with Crippen LogP contribution in [0.1, 0.15) is 25.7 Å². The smallest absolute Gasteiger partial charge is 0.0145 e. The van der Waals surface area contributed by atoms with Gasteiger partial charge in [-0.15, -0.1) is 0 Å². The Hall–Kier alpha value is 1.46. The lowest BCUT2D eigenvalue weighted by Crippen LogP contribution is -2.19. The van der Waals surface area contributed by atoms with Crippen LogP contribution in [0.5, 0.6) is 0 Å². The lowest BCUT2D eigenvalue weighted by Gasteiger charge is -2.25. The molecule has 1 aliphatic carbocycles. The van der Waals surface area contributed by atoms with Crippen molar-refractivity contribution in [3.8, 4) is 0 Å². The lowest BCUT2D eigenvalue weighted by atomic mass is 9.91. The van der Waals surface area contributed by atoms with Crippen LogP contribution in [0.2, 0.25) is 0 Å². The summed E-state index contributed by atoms with van der Waals surface area (Å²) in [7, 11) is 0. The summed E-state index contributed by atoms with van der Waals surface area (Å²) in [6, 6.07) is 0. The molecule has 1 fully saturated rings. The van der Waals surface area contributed by atoms with Crippen LogP contribution < -0.4 is 0 Å². The molecule has 0 aromatic carbocycles. The summed E-state index contributed by atoms with van der Waals surface area (Å²) >= 11 is 5.13. The van der Waals surface area contributed by atoms with Gasteiger partial charge in [0.15, 0.2) is 0 Å². The van der Waals surface area contributed by atoms with E-state index in [0.29, 0.717) is 0 Å². The zero-order chi connectivity index (χ0) is 6.69. The molecular weight excluding hydrogens is 338 g/mol. The molecule has 2 heteroatoms. The SMILES string of the molecule is ICC1CCCCC1I. The summed E-state index contributed by atoms with van der Waals surface area (Å²) in [5.41, 5.74) is 0. The highest BCUT2D eigenvalue weighted by Crippen LogP contribution is 2.31. The first-order valence-corrected chi connectivity index (χ1v) is 6.31. The van der Waals surface area contributed by atoms with Crippen molar-refractivity contribution in [2.45, 2.75) is 29.6 Å². The Morgan fingerprint density at radius 2 is 1.89 bits per heavy atom. The van der Waals surface area contributed by atoms with Gasteiger partial charge in [-0.05, 0) is 18.8 Å². The molecule has 0 radical (unpaired) electrons. The lowest BCUT2D eigenvalue weighted by molar-refractivity contribution is 0.419. The molecule has 0 N–H and O–H groups in total. The van der Waals surface area contributed by atoms with E-state index in [1.807, 2.05) is 0 Å². The van der Waals surface area contributed by atoms with E-state index < -0.39 is 0 Å². The second kappa shape index (κ2) is 4.36. The maximum atomic E-state index is 2.61. The molecular formula is C7H12I2. The average Bonchev–Trinajstić information content (AvgIpc) is 1.89. The average molecular weight is 350 g/mol. The van der Waals surface area contributed by atoms with Gasteiger partial charge in [-0.1, -0.05) is 58.0 Å². The molecule has 1 saturated carbocycles. The summed E-state index contributed by atoms with van der Waals surface area (Å²) in [6.07, 6.45) is 5.90. The highest BCUT2D eigenvalue weighted by atomic mass is 127. The Labute approximate surface area is 84.4 Å². The summed E-state index contributed by atoms with van der Waals surface area (Å²) in [6.45, 7) is 0. The van der Waals surface area contributed by atoms with Crippen molar-refractivity contribution in [1.82, 2.24) is 0 Å². The van der Waals surface area contributed by atoms with Gasteiger partial charge in [-0.3, -0.25) is 0 Å². The third-order valence-corrected chi connectivity index (χ3v) is 4.79. The van der Waals surface area contributed by atoms with Crippen LogP contribution in [0.3, 0.4) is 0 Å². The number of rotatable bonds is 1. The van der Waals surface area contributed by atoms with Gasteiger partial charge in [0.2, 0.25) is 0 Å². The van der Waals surface area contributed by atoms with Crippen molar-refractivity contribution >= 4 is 45.2 Å². The van der Waals surface area contributed by atoms with Gasteiger partial charge < -0.3 is 0 Å². The molecule has 2 atom stereocenters. The molecule has 0 heterocycles. The van der Waals surface area contributed by atoms with E-state index in [9.17, 15) is 0 Å². The fourth-order valence-electron chi connectivity index (χ4n) is 1.34. The molecule has 0 amide bonds. The van der Waals surface area contributed by atoms with E-state index in [1.54, 1.807) is 0 Å². The zero-order valence-corrected chi connectivity index (χ0v) is 9.76. The standard InChI is InChI=1S/C7H12I2/c8-5-6-3-1-2-4-7(6)9/h6-7H,1-5H2. The minimum Gasteiger partial charge on any atom is -0.0860 e. The maximum absolute atomic E-state index is 2.61. The predicted octanol–water partition coefficient (Wildman–Crippen LogP) is 3.42. The molecule has 0 saturated heterocycles. The Morgan fingerprint density at radius 3 is 2.33 bits per heavy atom. The van der Waals surface area contributed by atoms with E-state index >= 15 is 0 Å². The van der Waals surface area contributed by atoms with Crippen molar-refractivity contribution in [2.24, 2.45) is 5.92 Å². The third kappa shape index (κ3) is 2.52. The normalized spacial score (nSPS) is 36.7. The van der Waals surface area contributed by atoms with Crippen LogP contribution in [0.15, 0.2) is 0 Å². The van der Waals surface area contributed by atoms with Crippen LogP contribution in [0, 0.1) is 5.92 Å². The van der Waals surface area contributed by atoms with E-state index in [0.717, 1.165) is 9.84 Å². The highest BCUT2D eigenvalue weighted by Gasteiger charge is 2.20. The van der Waals surface area contributed by atoms with Crippen molar-refractivity contribution < 1.29 is 0 Å². The van der Waals surface area contributed by atoms with Crippen molar-refractivity contribution in [3.63, 3.8) is 0 Å². The number of alkyl halides is 2. The largest absolute Gasteiger partial charge is 0.0860 e. The molecule has 0 nitrogen and oxygen atoms in total. The topological polar surface area (TPSA) is 0 Å². The first-order valence-electron chi connectivity index (χ1n) is 3.54. The van der Waals surface area contributed by atoms with Gasteiger partial charge in [0, 0.05) is 8.35 Å². The molecule has 0 aromatic rings. The minimum atomic E-state index is 0.980. The van der Waals surface area contributed by atoms with E-state index in [-0.39, 0.29) is 0 Å². The predicted molar refractivity (Wildman–Crippen MR) is 58.7 cm³/mol. The van der Waals surface area contributed by atoms with Crippen LogP contribution in [-0.2, 0) is 0 Å². The molecule has 9 heavy (non-hydrogen) atoms. The van der Waals surface area contributed by atoms with Crippen LogP contribution in [0.25, 0.3) is 0 Å². The first kappa shape index (κ1) is 8.56. The van der Waals surface area contributed by atoms with Gasteiger partial charge in [-0.2, -0.15) is 0 Å². The molecule has 0 spiro atoms. The van der Waals surface area contributed by atoms with Crippen LogP contribution in [-0.4, -0.2) is 8.35 Å². The first-order chi connectivity index (χ1) is 4.34. The van der Waals surface area contributed by atoms with Gasteiger partial charge in [0.1, 0.15) is 0 Å². The Balaban J connectivity index is 2.30. The van der Waals surface area contributed by atoms with Gasteiger partial charge >= 0.3 is 0 Å². The summed E-state index contributed by atoms with van der Waals surface area (Å²) in [5, 5.41) is 0. The molecule has 54 valence electrons. The Bertz CT molecular complexity index is 83.0. The van der Waals surface area contributed by atoms with Crippen molar-refractivity contribution in [2.75, 3.05) is 4.43 Å². The number of hydrogen-bond donors (Lipinski definition) is 0. The van der Waals surface area contributed by atoms with Crippen molar-refractivity contribution in [1.29, 1.82) is 0 Å². The number of halogens is 2. The van der Waals surface area contributed by atoms with Gasteiger partial charge in [-0.25, -0.2) is 0 Å². The van der Waals surface area contributed by atoms with E-state index in [4.69, 9.17) is 0 Å². The van der Waals surface area contributed by atoms with E-state index in [2.05, 4.69) is 45.2 Å². The molecule has 1 rings (SSSR count). The van der Waals surface area contributed by atoms with E-state index in [1.165, 1.54) is 30.1 Å². The molecule has 0 aliphatic heterocycles. The Morgan fingerprint density at radius 1 is 1.22 bits per heavy atom. The molecule has 0 bridgehead atoms. The highest BCUT2D eigenvalue weighted by molar-refractivity contribution is 14.1. The van der Waals surface area contributed by atoms with Crippen LogP contribution in [0.4, 0.5) is 0 Å². The molecule has 1 aliphatic rings. The van der Waals surface area contributed by atoms with Crippen LogP contribution >= 0.6 is 45.2 Å². The third-order valence-electron chi connectivity index (χ3n) is 2.01. The minimum absolute atomic E-state index is 0.980. The quantitative estimate of drug-likeness (QED) is 0.502. The second-order valence-electron chi connectivity index (χ2n) is 2.71. The van der Waals surface area contributed by atoms with Gasteiger partial charge in [0.05, 0.1) is 0 Å². The number of hydrogen-bond acceptors (Lipinski definition) is 0. The summed E-state index contributed by atoms with van der Waals surface area (Å²) in [4.78, 5) is 0. The molecule has 0 aromatic heterocycles. The van der Waals surface area contributed by atoms with Crippen molar-refractivity contribution in [3.05, 3.63) is 0 Å². The second-order valence-corrected chi connectivity index (χ2v) is 5.20. The Kier molecular flexibility index (Phi) is 4.15. The fraction of sp³-hybridized carbons (Fsp3) is 1.00. The summed E-state index contributed by atoms with van der Waals surface area (Å²) in [5.74, 6) is 1.03. The van der Waals surface area contributed by atoms with Gasteiger partial charge in [0.25, 0.3) is 0 Å². The fourth-order valence-corrected chi connectivity index (χ4v) is 4.42. The monoisotopic (exact) mass is 350 g/mol. The summed E-state index contributed by atoms with van der Waals surface area (Å²) < 4.78 is 2.35. The maximum Gasteiger partial charge on any atom is 0.0145 e.